The van der Waals surface area contributed by atoms with Crippen molar-refractivity contribution in [3.05, 3.63) is 40.6 Å². The van der Waals surface area contributed by atoms with E-state index in [1.807, 2.05) is 0 Å². The largest absolute Gasteiger partial charge is 0.385 e. The van der Waals surface area contributed by atoms with E-state index in [1.165, 1.54) is 12.1 Å². The molecule has 2 amide bonds. The van der Waals surface area contributed by atoms with E-state index in [0.29, 0.717) is 25.1 Å². The highest BCUT2D eigenvalue weighted by Gasteiger charge is 2.34. The SMILES string of the molecule is COCCCN1C(=O)S/C(=C/c2ccccc2F)C1=O. The highest BCUT2D eigenvalue weighted by Crippen LogP contribution is 2.32. The number of imide groups is 1. The monoisotopic (exact) mass is 295 g/mol. The number of hydrogen-bond acceptors (Lipinski definition) is 4. The molecule has 1 saturated heterocycles. The fraction of sp³-hybridized carbons (Fsp3) is 0.286. The van der Waals surface area contributed by atoms with Crippen molar-refractivity contribution < 1.29 is 18.7 Å². The minimum atomic E-state index is -0.418. The molecule has 4 nitrogen and oxygen atoms in total. The van der Waals surface area contributed by atoms with Crippen LogP contribution >= 0.6 is 11.8 Å². The average molecular weight is 295 g/mol. The van der Waals surface area contributed by atoms with Gasteiger partial charge in [0.1, 0.15) is 5.82 Å². The van der Waals surface area contributed by atoms with Crippen molar-refractivity contribution in [1.29, 1.82) is 0 Å². The third kappa shape index (κ3) is 3.26. The van der Waals surface area contributed by atoms with Crippen LogP contribution in [0.15, 0.2) is 29.2 Å². The number of nitrogens with zero attached hydrogens (tertiary/aromatic N) is 1. The molecule has 0 radical (unpaired) electrons. The standard InChI is InChI=1S/C14H14FNO3S/c1-19-8-4-7-16-13(17)12(20-14(16)18)9-10-5-2-3-6-11(10)15/h2-3,5-6,9H,4,7-8H2,1H3/b12-9+. The Bertz CT molecular complexity index is 559. The van der Waals surface area contributed by atoms with E-state index in [4.69, 9.17) is 4.74 Å². The molecule has 2 rings (SSSR count). The van der Waals surface area contributed by atoms with Crippen molar-refractivity contribution in [2.45, 2.75) is 6.42 Å². The van der Waals surface area contributed by atoms with E-state index in [9.17, 15) is 14.0 Å². The van der Waals surface area contributed by atoms with Gasteiger partial charge in [-0.1, -0.05) is 18.2 Å². The second-order valence-corrected chi connectivity index (χ2v) is 5.19. The van der Waals surface area contributed by atoms with Crippen LogP contribution in [-0.4, -0.2) is 36.3 Å². The Morgan fingerprint density at radius 1 is 1.35 bits per heavy atom. The molecular weight excluding hydrogens is 281 g/mol. The molecule has 0 N–H and O–H groups in total. The van der Waals surface area contributed by atoms with Crippen LogP contribution in [0.1, 0.15) is 12.0 Å². The van der Waals surface area contributed by atoms with Gasteiger partial charge in [0.2, 0.25) is 0 Å². The summed E-state index contributed by atoms with van der Waals surface area (Å²) >= 11 is 0.834. The molecule has 1 heterocycles. The van der Waals surface area contributed by atoms with Gasteiger partial charge in [-0.3, -0.25) is 14.5 Å². The van der Waals surface area contributed by atoms with Crippen molar-refractivity contribution in [2.24, 2.45) is 0 Å². The van der Waals surface area contributed by atoms with E-state index in [0.717, 1.165) is 16.7 Å². The number of benzene rings is 1. The molecule has 0 unspecified atom stereocenters. The number of hydrogen-bond donors (Lipinski definition) is 0. The summed E-state index contributed by atoms with van der Waals surface area (Å²) in [5.74, 6) is -0.793. The molecule has 1 aliphatic heterocycles. The zero-order valence-electron chi connectivity index (χ0n) is 11.0. The van der Waals surface area contributed by atoms with Gasteiger partial charge in [0.15, 0.2) is 0 Å². The predicted molar refractivity (Wildman–Crippen MR) is 75.6 cm³/mol. The van der Waals surface area contributed by atoms with Gasteiger partial charge in [0, 0.05) is 25.8 Å². The molecule has 0 atom stereocenters. The third-order valence-corrected chi connectivity index (χ3v) is 3.70. The summed E-state index contributed by atoms with van der Waals surface area (Å²) in [6.07, 6.45) is 2.00. The Hall–Kier alpha value is -1.66. The molecule has 1 aromatic carbocycles. The summed E-state index contributed by atoms with van der Waals surface area (Å²) in [6.45, 7) is 0.793. The van der Waals surface area contributed by atoms with E-state index in [-0.39, 0.29) is 16.1 Å². The number of amides is 2. The van der Waals surface area contributed by atoms with Crippen molar-refractivity contribution in [3.63, 3.8) is 0 Å². The number of carbonyl (C=O) groups excluding carboxylic acids is 2. The Morgan fingerprint density at radius 2 is 2.10 bits per heavy atom. The molecule has 0 saturated carbocycles. The summed E-state index contributed by atoms with van der Waals surface area (Å²) in [7, 11) is 1.56. The molecule has 1 fully saturated rings. The fourth-order valence-electron chi connectivity index (χ4n) is 1.79. The quantitative estimate of drug-likeness (QED) is 0.619. The fourth-order valence-corrected chi connectivity index (χ4v) is 2.65. The van der Waals surface area contributed by atoms with Crippen LogP contribution in [0.25, 0.3) is 6.08 Å². The zero-order chi connectivity index (χ0) is 14.5. The van der Waals surface area contributed by atoms with Crippen LogP contribution < -0.4 is 0 Å². The normalized spacial score (nSPS) is 17.3. The minimum absolute atomic E-state index is 0.248. The number of halogens is 1. The first-order chi connectivity index (χ1) is 9.63. The zero-order valence-corrected chi connectivity index (χ0v) is 11.8. The van der Waals surface area contributed by atoms with Crippen LogP contribution in [0.3, 0.4) is 0 Å². The van der Waals surface area contributed by atoms with Gasteiger partial charge in [-0.05, 0) is 30.3 Å². The minimum Gasteiger partial charge on any atom is -0.385 e. The third-order valence-electron chi connectivity index (χ3n) is 2.80. The van der Waals surface area contributed by atoms with Crippen LogP contribution in [0, 0.1) is 5.82 Å². The van der Waals surface area contributed by atoms with Crippen molar-refractivity contribution in [2.75, 3.05) is 20.3 Å². The summed E-state index contributed by atoms with van der Waals surface area (Å²) in [4.78, 5) is 25.2. The van der Waals surface area contributed by atoms with E-state index < -0.39 is 5.82 Å². The topological polar surface area (TPSA) is 46.6 Å². The molecule has 106 valence electrons. The molecular formula is C14H14FNO3S. The molecule has 0 spiro atoms. The smallest absolute Gasteiger partial charge is 0.293 e. The first-order valence-corrected chi connectivity index (χ1v) is 6.94. The number of methoxy groups -OCH3 is 1. The van der Waals surface area contributed by atoms with E-state index >= 15 is 0 Å². The first kappa shape index (κ1) is 14.7. The lowest BCUT2D eigenvalue weighted by molar-refractivity contribution is -0.122. The second-order valence-electron chi connectivity index (χ2n) is 4.20. The van der Waals surface area contributed by atoms with Gasteiger partial charge >= 0.3 is 0 Å². The van der Waals surface area contributed by atoms with Gasteiger partial charge in [-0.25, -0.2) is 4.39 Å². The summed E-state index contributed by atoms with van der Waals surface area (Å²) in [5, 5.41) is -0.325. The van der Waals surface area contributed by atoms with Gasteiger partial charge in [0.25, 0.3) is 11.1 Å². The van der Waals surface area contributed by atoms with Crippen LogP contribution in [-0.2, 0) is 9.53 Å². The van der Waals surface area contributed by atoms with E-state index in [1.54, 1.807) is 25.3 Å². The Morgan fingerprint density at radius 3 is 2.80 bits per heavy atom. The van der Waals surface area contributed by atoms with E-state index in [2.05, 4.69) is 0 Å². The molecule has 20 heavy (non-hydrogen) atoms. The molecule has 0 bridgehead atoms. The maximum absolute atomic E-state index is 13.5. The maximum Gasteiger partial charge on any atom is 0.293 e. The highest BCUT2D eigenvalue weighted by atomic mass is 32.2. The summed E-state index contributed by atoms with van der Waals surface area (Å²) in [6, 6.07) is 6.13. The number of rotatable bonds is 5. The first-order valence-electron chi connectivity index (χ1n) is 6.12. The Kier molecular flexibility index (Phi) is 4.92. The van der Waals surface area contributed by atoms with Gasteiger partial charge in [-0.2, -0.15) is 0 Å². The summed E-state index contributed by atoms with van der Waals surface area (Å²) in [5.41, 5.74) is 0.301. The van der Waals surface area contributed by atoms with Gasteiger partial charge in [0.05, 0.1) is 4.91 Å². The predicted octanol–water partition coefficient (Wildman–Crippen LogP) is 2.90. The average Bonchev–Trinajstić information content (AvgIpc) is 2.69. The van der Waals surface area contributed by atoms with Crippen LogP contribution in [0.5, 0.6) is 0 Å². The number of ether oxygens (including phenoxy) is 1. The molecule has 6 heteroatoms. The maximum atomic E-state index is 13.5. The highest BCUT2D eigenvalue weighted by molar-refractivity contribution is 8.18. The van der Waals surface area contributed by atoms with Crippen molar-refractivity contribution in [3.8, 4) is 0 Å². The molecule has 1 aromatic rings. The van der Waals surface area contributed by atoms with Gasteiger partial charge < -0.3 is 4.74 Å². The molecule has 0 aromatic heterocycles. The lowest BCUT2D eigenvalue weighted by atomic mass is 10.2. The molecule has 1 aliphatic rings. The number of carbonyl (C=O) groups is 2. The second kappa shape index (κ2) is 6.67. The van der Waals surface area contributed by atoms with Crippen LogP contribution in [0.4, 0.5) is 9.18 Å². The Balaban J connectivity index is 2.13. The lowest BCUT2D eigenvalue weighted by Crippen LogP contribution is -2.29. The Labute approximate surface area is 120 Å². The van der Waals surface area contributed by atoms with Crippen molar-refractivity contribution in [1.82, 2.24) is 4.90 Å². The lowest BCUT2D eigenvalue weighted by Gasteiger charge is -2.11. The van der Waals surface area contributed by atoms with Crippen molar-refractivity contribution >= 4 is 29.0 Å². The number of thioether (sulfide) groups is 1. The molecule has 0 aliphatic carbocycles. The van der Waals surface area contributed by atoms with Crippen LogP contribution in [0.2, 0.25) is 0 Å². The summed E-state index contributed by atoms with van der Waals surface area (Å²) < 4.78 is 18.4. The van der Waals surface area contributed by atoms with Gasteiger partial charge in [-0.15, -0.1) is 0 Å².